The Bertz CT molecular complexity index is 429. The molecular formula is C13H18N2O2. The average Bonchev–Trinajstić information content (AvgIpc) is 3.09. The van der Waals surface area contributed by atoms with Crippen LogP contribution in [0.25, 0.3) is 0 Å². The van der Waals surface area contributed by atoms with Gasteiger partial charge in [0.25, 0.3) is 0 Å². The van der Waals surface area contributed by atoms with Gasteiger partial charge in [-0.25, -0.2) is 4.79 Å². The molecule has 2 aliphatic carbocycles. The van der Waals surface area contributed by atoms with Gasteiger partial charge in [0.15, 0.2) is 5.69 Å². The summed E-state index contributed by atoms with van der Waals surface area (Å²) in [7, 11) is 0. The highest BCUT2D eigenvalue weighted by atomic mass is 16.4. The van der Waals surface area contributed by atoms with Gasteiger partial charge in [-0.05, 0) is 31.7 Å². The van der Waals surface area contributed by atoms with E-state index < -0.39 is 5.97 Å². The second-order valence-electron chi connectivity index (χ2n) is 5.27. The van der Waals surface area contributed by atoms with Crippen LogP contribution in [0.5, 0.6) is 0 Å². The van der Waals surface area contributed by atoms with E-state index in [9.17, 15) is 4.79 Å². The lowest BCUT2D eigenvalue weighted by molar-refractivity contribution is 0.0689. The summed E-state index contributed by atoms with van der Waals surface area (Å²) < 4.78 is 2.00. The molecule has 0 spiro atoms. The Kier molecular flexibility index (Phi) is 2.65. The number of nitrogens with zero attached hydrogens (tertiary/aromatic N) is 2. The lowest BCUT2D eigenvalue weighted by atomic mass is 9.87. The molecule has 0 saturated heterocycles. The molecule has 0 amide bonds. The zero-order valence-corrected chi connectivity index (χ0v) is 9.93. The number of aromatic nitrogens is 2. The molecule has 17 heavy (non-hydrogen) atoms. The van der Waals surface area contributed by atoms with Gasteiger partial charge in [-0.3, -0.25) is 4.68 Å². The summed E-state index contributed by atoms with van der Waals surface area (Å²) >= 11 is 0. The summed E-state index contributed by atoms with van der Waals surface area (Å²) in [6, 6.07) is 2.27. The Morgan fingerprint density at radius 3 is 2.53 bits per heavy atom. The Balaban J connectivity index is 1.92. The summed E-state index contributed by atoms with van der Waals surface area (Å²) in [5.74, 6) is -0.369. The highest BCUT2D eigenvalue weighted by Crippen LogP contribution is 2.40. The van der Waals surface area contributed by atoms with Crippen molar-refractivity contribution in [3.63, 3.8) is 0 Å². The summed E-state index contributed by atoms with van der Waals surface area (Å²) in [6.07, 6.45) is 8.54. The van der Waals surface area contributed by atoms with Crippen molar-refractivity contribution >= 4 is 5.97 Å². The van der Waals surface area contributed by atoms with E-state index in [-0.39, 0.29) is 5.69 Å². The molecule has 2 saturated carbocycles. The number of aromatic carboxylic acids is 1. The lowest BCUT2D eigenvalue weighted by Gasteiger charge is -2.22. The maximum atomic E-state index is 11.0. The highest BCUT2D eigenvalue weighted by Gasteiger charge is 2.31. The number of rotatable bonds is 3. The van der Waals surface area contributed by atoms with Gasteiger partial charge in [-0.1, -0.05) is 19.3 Å². The molecule has 0 aromatic carbocycles. The van der Waals surface area contributed by atoms with Crippen LogP contribution in [-0.4, -0.2) is 20.9 Å². The quantitative estimate of drug-likeness (QED) is 0.874. The number of hydrogen-bond donors (Lipinski definition) is 1. The first-order valence-corrected chi connectivity index (χ1v) is 6.58. The average molecular weight is 234 g/mol. The Morgan fingerprint density at radius 1 is 1.24 bits per heavy atom. The van der Waals surface area contributed by atoms with Crippen LogP contribution in [0, 0.1) is 0 Å². The topological polar surface area (TPSA) is 55.1 Å². The standard InChI is InChI=1S/C13H18N2O2/c16-13(17)11-8-12(9-4-2-1-3-5-9)15(14-11)10-6-7-10/h8-10H,1-7H2,(H,16,17). The molecule has 0 bridgehead atoms. The summed E-state index contributed by atoms with van der Waals surface area (Å²) in [6.45, 7) is 0. The molecule has 0 unspecified atom stereocenters. The molecule has 1 aromatic heterocycles. The van der Waals surface area contributed by atoms with E-state index in [2.05, 4.69) is 5.10 Å². The van der Waals surface area contributed by atoms with Gasteiger partial charge in [0.2, 0.25) is 0 Å². The Morgan fingerprint density at radius 2 is 1.94 bits per heavy atom. The second-order valence-corrected chi connectivity index (χ2v) is 5.27. The predicted octanol–water partition coefficient (Wildman–Crippen LogP) is 2.96. The summed E-state index contributed by atoms with van der Waals surface area (Å²) in [4.78, 5) is 11.0. The first-order chi connectivity index (χ1) is 8.25. The van der Waals surface area contributed by atoms with Gasteiger partial charge in [-0.15, -0.1) is 0 Å². The van der Waals surface area contributed by atoms with Crippen LogP contribution in [0.4, 0.5) is 0 Å². The molecular weight excluding hydrogens is 216 g/mol. The first-order valence-electron chi connectivity index (χ1n) is 6.58. The molecule has 4 heteroatoms. The van der Waals surface area contributed by atoms with E-state index in [1.54, 1.807) is 6.07 Å². The molecule has 92 valence electrons. The molecule has 1 aromatic rings. The molecule has 1 N–H and O–H groups in total. The van der Waals surface area contributed by atoms with Crippen LogP contribution in [0.15, 0.2) is 6.07 Å². The third-order valence-electron chi connectivity index (χ3n) is 3.90. The van der Waals surface area contributed by atoms with Crippen molar-refractivity contribution in [1.82, 2.24) is 9.78 Å². The van der Waals surface area contributed by atoms with E-state index >= 15 is 0 Å². The van der Waals surface area contributed by atoms with Crippen molar-refractivity contribution < 1.29 is 9.90 Å². The maximum absolute atomic E-state index is 11.0. The fourth-order valence-electron chi connectivity index (χ4n) is 2.83. The molecule has 4 nitrogen and oxygen atoms in total. The smallest absolute Gasteiger partial charge is 0.356 e. The minimum atomic E-state index is -0.901. The molecule has 3 rings (SSSR count). The van der Waals surface area contributed by atoms with Crippen LogP contribution in [0.2, 0.25) is 0 Å². The molecule has 0 atom stereocenters. The molecule has 1 heterocycles. The first kappa shape index (κ1) is 10.8. The summed E-state index contributed by atoms with van der Waals surface area (Å²) in [5, 5.41) is 13.3. The Hall–Kier alpha value is -1.32. The molecule has 2 fully saturated rings. The van der Waals surface area contributed by atoms with Gasteiger partial charge in [-0.2, -0.15) is 5.10 Å². The number of carboxylic acids is 1. The monoisotopic (exact) mass is 234 g/mol. The van der Waals surface area contributed by atoms with Crippen molar-refractivity contribution in [2.24, 2.45) is 0 Å². The number of carbonyl (C=O) groups is 1. The van der Waals surface area contributed by atoms with Gasteiger partial charge < -0.3 is 5.11 Å². The van der Waals surface area contributed by atoms with Crippen LogP contribution >= 0.6 is 0 Å². The third kappa shape index (κ3) is 2.08. The molecule has 0 radical (unpaired) electrons. The van der Waals surface area contributed by atoms with Crippen LogP contribution in [-0.2, 0) is 0 Å². The highest BCUT2D eigenvalue weighted by molar-refractivity contribution is 5.85. The minimum Gasteiger partial charge on any atom is -0.476 e. The van der Waals surface area contributed by atoms with Crippen molar-refractivity contribution in [3.8, 4) is 0 Å². The number of hydrogen-bond acceptors (Lipinski definition) is 2. The summed E-state index contributed by atoms with van der Waals surface area (Å²) in [5.41, 5.74) is 1.39. The lowest BCUT2D eigenvalue weighted by Crippen LogP contribution is -2.11. The van der Waals surface area contributed by atoms with Gasteiger partial charge in [0, 0.05) is 11.6 Å². The van der Waals surface area contributed by atoms with Gasteiger partial charge >= 0.3 is 5.97 Å². The van der Waals surface area contributed by atoms with E-state index in [0.29, 0.717) is 12.0 Å². The fraction of sp³-hybridized carbons (Fsp3) is 0.692. The normalized spacial score (nSPS) is 21.6. The third-order valence-corrected chi connectivity index (χ3v) is 3.90. The van der Waals surface area contributed by atoms with E-state index in [0.717, 1.165) is 12.8 Å². The zero-order chi connectivity index (χ0) is 11.8. The van der Waals surface area contributed by atoms with Crippen molar-refractivity contribution in [2.45, 2.75) is 56.9 Å². The van der Waals surface area contributed by atoms with E-state index in [1.807, 2.05) is 4.68 Å². The van der Waals surface area contributed by atoms with Crippen LogP contribution in [0.1, 0.15) is 73.1 Å². The SMILES string of the molecule is O=C(O)c1cc(C2CCCCC2)n(C2CC2)n1. The fourth-order valence-corrected chi connectivity index (χ4v) is 2.83. The van der Waals surface area contributed by atoms with E-state index in [4.69, 9.17) is 5.11 Å². The van der Waals surface area contributed by atoms with Crippen LogP contribution in [0.3, 0.4) is 0 Å². The second kappa shape index (κ2) is 4.17. The number of carboxylic acid groups (broad SMARTS) is 1. The van der Waals surface area contributed by atoms with Crippen molar-refractivity contribution in [3.05, 3.63) is 17.5 Å². The minimum absolute atomic E-state index is 0.220. The molecule has 0 aliphatic heterocycles. The van der Waals surface area contributed by atoms with E-state index in [1.165, 1.54) is 37.8 Å². The van der Waals surface area contributed by atoms with Crippen molar-refractivity contribution in [2.75, 3.05) is 0 Å². The van der Waals surface area contributed by atoms with Gasteiger partial charge in [0.05, 0.1) is 6.04 Å². The zero-order valence-electron chi connectivity index (χ0n) is 9.93. The predicted molar refractivity (Wildman–Crippen MR) is 63.3 cm³/mol. The van der Waals surface area contributed by atoms with Crippen molar-refractivity contribution in [1.29, 1.82) is 0 Å². The molecule has 2 aliphatic rings. The largest absolute Gasteiger partial charge is 0.476 e. The van der Waals surface area contributed by atoms with Crippen LogP contribution < -0.4 is 0 Å². The Labute approximate surface area is 101 Å². The maximum Gasteiger partial charge on any atom is 0.356 e. The van der Waals surface area contributed by atoms with Gasteiger partial charge in [0.1, 0.15) is 0 Å².